The van der Waals surface area contributed by atoms with Crippen LogP contribution in [-0.2, 0) is 4.74 Å². The second-order valence-corrected chi connectivity index (χ2v) is 9.46. The van der Waals surface area contributed by atoms with E-state index in [1.54, 1.807) is 51.4 Å². The highest BCUT2D eigenvalue weighted by Gasteiger charge is 2.61. The molecule has 6 aliphatic rings. The lowest BCUT2D eigenvalue weighted by molar-refractivity contribution is -0.120. The van der Waals surface area contributed by atoms with Crippen molar-refractivity contribution < 1.29 is 4.74 Å². The molecule has 1 saturated heterocycles. The Labute approximate surface area is 129 Å². The lowest BCUT2D eigenvalue weighted by Crippen LogP contribution is -2.55. The fourth-order valence-corrected chi connectivity index (χ4v) is 8.43. The van der Waals surface area contributed by atoms with E-state index >= 15 is 0 Å². The first-order chi connectivity index (χ1) is 10.4. The van der Waals surface area contributed by atoms with E-state index in [-0.39, 0.29) is 0 Å². The molecule has 0 spiro atoms. The van der Waals surface area contributed by atoms with E-state index in [9.17, 15) is 0 Å². The zero-order valence-electron chi connectivity index (χ0n) is 13.3. The summed E-state index contributed by atoms with van der Waals surface area (Å²) in [5.74, 6) is 8.84. The molecule has 0 amide bonds. The van der Waals surface area contributed by atoms with Crippen LogP contribution in [-0.4, -0.2) is 12.2 Å². The second-order valence-electron chi connectivity index (χ2n) is 9.46. The summed E-state index contributed by atoms with van der Waals surface area (Å²) in [6.45, 7) is 0. The van der Waals surface area contributed by atoms with E-state index in [2.05, 4.69) is 0 Å². The van der Waals surface area contributed by atoms with E-state index in [1.807, 2.05) is 0 Å². The first kappa shape index (κ1) is 12.4. The second kappa shape index (κ2) is 4.28. The number of hydrogen-bond donors (Lipinski definition) is 0. The summed E-state index contributed by atoms with van der Waals surface area (Å²) >= 11 is 0. The Kier molecular flexibility index (Phi) is 2.52. The minimum atomic E-state index is 0.699. The van der Waals surface area contributed by atoms with Crippen LogP contribution in [0.1, 0.15) is 64.2 Å². The first-order valence-corrected chi connectivity index (χ1v) is 10.1. The molecule has 1 heterocycles. The van der Waals surface area contributed by atoms with Gasteiger partial charge in [0.15, 0.2) is 0 Å². The number of rotatable bonds is 0. The summed E-state index contributed by atoms with van der Waals surface area (Å²) < 4.78 is 6.04. The smallest absolute Gasteiger partial charge is 0.0872 e. The number of epoxide rings is 1. The van der Waals surface area contributed by atoms with Gasteiger partial charge in [0.25, 0.3) is 0 Å². The Bertz CT molecular complexity index is 439. The molecule has 6 fully saturated rings. The molecule has 5 saturated carbocycles. The highest BCUT2D eigenvalue weighted by Crippen LogP contribution is 2.65. The summed E-state index contributed by atoms with van der Waals surface area (Å²) in [7, 11) is 0. The molecule has 6 rings (SSSR count). The van der Waals surface area contributed by atoms with Crippen LogP contribution in [0.3, 0.4) is 0 Å². The zero-order valence-corrected chi connectivity index (χ0v) is 13.3. The Hall–Kier alpha value is -0.0400. The average molecular weight is 286 g/mol. The van der Waals surface area contributed by atoms with Crippen LogP contribution in [0, 0.1) is 47.3 Å². The van der Waals surface area contributed by atoms with Gasteiger partial charge in [0.05, 0.1) is 12.2 Å². The van der Waals surface area contributed by atoms with E-state index in [4.69, 9.17) is 4.74 Å². The number of fused-ring (bicyclic) bond motifs is 4. The van der Waals surface area contributed by atoms with Crippen molar-refractivity contribution in [1.29, 1.82) is 0 Å². The molecule has 21 heavy (non-hydrogen) atoms. The normalized spacial score (nSPS) is 64.0. The molecule has 10 atom stereocenters. The fraction of sp³-hybridized carbons (Fsp3) is 1.00. The minimum Gasteiger partial charge on any atom is -0.369 e. The zero-order chi connectivity index (χ0) is 13.6. The summed E-state index contributed by atoms with van der Waals surface area (Å²) in [6, 6.07) is 0. The van der Waals surface area contributed by atoms with Gasteiger partial charge in [0, 0.05) is 0 Å². The van der Waals surface area contributed by atoms with Crippen molar-refractivity contribution in [2.75, 3.05) is 0 Å². The molecule has 1 aliphatic heterocycles. The predicted molar refractivity (Wildman–Crippen MR) is 82.8 cm³/mol. The molecular weight excluding hydrogens is 256 g/mol. The van der Waals surface area contributed by atoms with Gasteiger partial charge in [0.2, 0.25) is 0 Å². The van der Waals surface area contributed by atoms with Gasteiger partial charge in [-0.15, -0.1) is 0 Å². The topological polar surface area (TPSA) is 12.5 Å². The minimum absolute atomic E-state index is 0.699. The van der Waals surface area contributed by atoms with Crippen LogP contribution in [0.2, 0.25) is 0 Å². The Morgan fingerprint density at radius 1 is 0.571 bits per heavy atom. The third-order valence-electron chi connectivity index (χ3n) is 9.00. The Morgan fingerprint density at radius 2 is 1.33 bits per heavy atom. The maximum Gasteiger partial charge on any atom is 0.0872 e. The van der Waals surface area contributed by atoms with Gasteiger partial charge in [-0.05, 0) is 92.3 Å². The molecule has 0 aromatic rings. The van der Waals surface area contributed by atoms with E-state index in [0.717, 1.165) is 47.3 Å². The Balaban J connectivity index is 1.37. The van der Waals surface area contributed by atoms with Gasteiger partial charge in [-0.2, -0.15) is 0 Å². The third kappa shape index (κ3) is 1.62. The van der Waals surface area contributed by atoms with Crippen molar-refractivity contribution in [2.24, 2.45) is 47.3 Å². The van der Waals surface area contributed by atoms with Crippen LogP contribution in [0.25, 0.3) is 0 Å². The van der Waals surface area contributed by atoms with Crippen LogP contribution >= 0.6 is 0 Å². The third-order valence-corrected chi connectivity index (χ3v) is 9.00. The summed E-state index contributed by atoms with van der Waals surface area (Å²) in [6.07, 6.45) is 17.0. The van der Waals surface area contributed by atoms with E-state index in [1.165, 1.54) is 12.8 Å². The van der Waals surface area contributed by atoms with Crippen LogP contribution in [0.5, 0.6) is 0 Å². The number of ether oxygens (including phenoxy) is 1. The predicted octanol–water partition coefficient (Wildman–Crippen LogP) is 4.65. The summed E-state index contributed by atoms with van der Waals surface area (Å²) in [5.41, 5.74) is 0. The lowest BCUT2D eigenvalue weighted by atomic mass is 9.44. The molecule has 1 heteroatoms. The maximum atomic E-state index is 6.04. The molecule has 116 valence electrons. The van der Waals surface area contributed by atoms with Crippen molar-refractivity contribution in [1.82, 2.24) is 0 Å². The van der Waals surface area contributed by atoms with E-state index in [0.29, 0.717) is 12.2 Å². The van der Waals surface area contributed by atoms with Crippen molar-refractivity contribution in [3.8, 4) is 0 Å². The summed E-state index contributed by atoms with van der Waals surface area (Å²) in [4.78, 5) is 0. The van der Waals surface area contributed by atoms with Crippen molar-refractivity contribution in [3.63, 3.8) is 0 Å². The molecule has 0 aromatic heterocycles. The van der Waals surface area contributed by atoms with Gasteiger partial charge >= 0.3 is 0 Å². The highest BCUT2D eigenvalue weighted by molar-refractivity contribution is 5.09. The van der Waals surface area contributed by atoms with Gasteiger partial charge in [0.1, 0.15) is 0 Å². The SMILES string of the molecule is C1CC2CCC3CC4C(CCC5OC54)C4CCC(C1)C2C34. The van der Waals surface area contributed by atoms with Crippen molar-refractivity contribution >= 4 is 0 Å². The maximum absolute atomic E-state index is 6.04. The quantitative estimate of drug-likeness (QED) is 0.590. The lowest BCUT2D eigenvalue weighted by Gasteiger charge is -2.61. The molecule has 0 bridgehead atoms. The first-order valence-electron chi connectivity index (χ1n) is 10.1. The van der Waals surface area contributed by atoms with Crippen molar-refractivity contribution in [3.05, 3.63) is 0 Å². The highest BCUT2D eigenvalue weighted by atomic mass is 16.6. The molecule has 1 nitrogen and oxygen atoms in total. The van der Waals surface area contributed by atoms with E-state index < -0.39 is 0 Å². The van der Waals surface area contributed by atoms with Gasteiger partial charge < -0.3 is 4.74 Å². The van der Waals surface area contributed by atoms with Crippen LogP contribution in [0.4, 0.5) is 0 Å². The van der Waals surface area contributed by atoms with Gasteiger partial charge in [-0.1, -0.05) is 19.3 Å². The molecule has 10 unspecified atom stereocenters. The molecule has 0 aromatic carbocycles. The molecular formula is C20H30O. The monoisotopic (exact) mass is 286 g/mol. The average Bonchev–Trinajstić information content (AvgIpc) is 3.32. The largest absolute Gasteiger partial charge is 0.369 e. The molecule has 0 radical (unpaired) electrons. The fourth-order valence-electron chi connectivity index (χ4n) is 8.43. The molecule has 5 aliphatic carbocycles. The standard InChI is InChI=1S/C20H30O/c1-2-11-4-5-13-10-16-14(8-9-17-20(16)21-17)15-7-6-12(3-1)18(11)19(13)15/h11-20H,1-10H2. The Morgan fingerprint density at radius 3 is 2.24 bits per heavy atom. The van der Waals surface area contributed by atoms with Gasteiger partial charge in [-0.25, -0.2) is 0 Å². The molecule has 0 N–H and O–H groups in total. The van der Waals surface area contributed by atoms with Crippen molar-refractivity contribution in [2.45, 2.75) is 76.4 Å². The number of hydrogen-bond acceptors (Lipinski definition) is 1. The van der Waals surface area contributed by atoms with Crippen LogP contribution < -0.4 is 0 Å². The van der Waals surface area contributed by atoms with Crippen LogP contribution in [0.15, 0.2) is 0 Å². The summed E-state index contributed by atoms with van der Waals surface area (Å²) in [5, 5.41) is 0. The van der Waals surface area contributed by atoms with Gasteiger partial charge in [-0.3, -0.25) is 0 Å².